The summed E-state index contributed by atoms with van der Waals surface area (Å²) in [5, 5.41) is 0.669. The predicted octanol–water partition coefficient (Wildman–Crippen LogP) is 1.69. The zero-order chi connectivity index (χ0) is 10.6. The van der Waals surface area contributed by atoms with Gasteiger partial charge in [-0.05, 0) is 6.07 Å². The first kappa shape index (κ1) is 11.1. The Morgan fingerprint density at radius 2 is 2.43 bits per heavy atom. The molecule has 0 N–H and O–H groups in total. The molecule has 0 aliphatic heterocycles. The number of aromatic nitrogens is 1. The molecule has 1 heterocycles. The first-order chi connectivity index (χ1) is 6.66. The van der Waals surface area contributed by atoms with Crippen LogP contribution in [0.15, 0.2) is 18.5 Å². The maximum Gasteiger partial charge on any atom is 0.256 e. The second kappa shape index (κ2) is 5.05. The van der Waals surface area contributed by atoms with Crippen molar-refractivity contribution in [2.24, 2.45) is 0 Å². The molecule has 0 spiro atoms. The van der Waals surface area contributed by atoms with Gasteiger partial charge in [0.1, 0.15) is 0 Å². The van der Waals surface area contributed by atoms with Crippen LogP contribution in [-0.4, -0.2) is 34.7 Å². The van der Waals surface area contributed by atoms with Crippen molar-refractivity contribution in [3.05, 3.63) is 29.8 Å². The molecule has 1 rings (SSSR count). The Morgan fingerprint density at radius 1 is 1.71 bits per heavy atom. The lowest BCUT2D eigenvalue weighted by atomic mass is 10.2. The van der Waals surface area contributed by atoms with E-state index in [9.17, 15) is 9.18 Å². The molecule has 0 aromatic carbocycles. The van der Waals surface area contributed by atoms with Gasteiger partial charge in [-0.3, -0.25) is 9.78 Å². The lowest BCUT2D eigenvalue weighted by Crippen LogP contribution is -2.29. The second-order valence-electron chi connectivity index (χ2n) is 2.77. The van der Waals surface area contributed by atoms with Gasteiger partial charge in [-0.15, -0.1) is 0 Å². The standard InChI is InChI=1S/C9H10BrFN2O/c1-13(5-3-10)9(14)7-2-4-12-6-8(7)11/h2,4,6H,3,5H2,1H3. The highest BCUT2D eigenvalue weighted by atomic mass is 79.9. The fourth-order valence-corrected chi connectivity index (χ4v) is 1.51. The molecule has 0 aliphatic rings. The Morgan fingerprint density at radius 3 is 3.00 bits per heavy atom. The molecule has 0 fully saturated rings. The van der Waals surface area contributed by atoms with E-state index in [1.165, 1.54) is 17.2 Å². The molecule has 1 aromatic heterocycles. The topological polar surface area (TPSA) is 33.2 Å². The third-order valence-electron chi connectivity index (χ3n) is 1.77. The van der Waals surface area contributed by atoms with E-state index in [4.69, 9.17) is 0 Å². The number of rotatable bonds is 3. The minimum Gasteiger partial charge on any atom is -0.341 e. The summed E-state index contributed by atoms with van der Waals surface area (Å²) in [6.45, 7) is 0.542. The fraction of sp³-hybridized carbons (Fsp3) is 0.333. The molecular formula is C9H10BrFN2O. The summed E-state index contributed by atoms with van der Waals surface area (Å²) in [6, 6.07) is 1.38. The Balaban J connectivity index is 2.84. The average Bonchev–Trinajstić information content (AvgIpc) is 2.18. The van der Waals surface area contributed by atoms with Crippen LogP contribution in [0.4, 0.5) is 4.39 Å². The Labute approximate surface area is 90.1 Å². The zero-order valence-electron chi connectivity index (χ0n) is 7.70. The molecule has 0 saturated carbocycles. The van der Waals surface area contributed by atoms with Crippen molar-refractivity contribution in [2.45, 2.75) is 0 Å². The lowest BCUT2D eigenvalue weighted by Gasteiger charge is -2.15. The van der Waals surface area contributed by atoms with E-state index in [1.807, 2.05) is 0 Å². The van der Waals surface area contributed by atoms with Crippen LogP contribution in [0.25, 0.3) is 0 Å². The van der Waals surface area contributed by atoms with Crippen molar-refractivity contribution in [1.29, 1.82) is 0 Å². The number of hydrogen-bond donors (Lipinski definition) is 0. The second-order valence-corrected chi connectivity index (χ2v) is 3.56. The van der Waals surface area contributed by atoms with E-state index in [2.05, 4.69) is 20.9 Å². The van der Waals surface area contributed by atoms with Crippen LogP contribution >= 0.6 is 15.9 Å². The van der Waals surface area contributed by atoms with Crippen LogP contribution in [0, 0.1) is 5.82 Å². The van der Waals surface area contributed by atoms with Gasteiger partial charge in [0, 0.05) is 25.1 Å². The number of carbonyl (C=O) groups is 1. The minimum absolute atomic E-state index is 0.0588. The molecule has 1 aromatic rings. The number of amides is 1. The van der Waals surface area contributed by atoms with E-state index in [-0.39, 0.29) is 11.5 Å². The molecule has 0 saturated heterocycles. The quantitative estimate of drug-likeness (QED) is 0.776. The number of halogens is 2. The monoisotopic (exact) mass is 260 g/mol. The first-order valence-electron chi connectivity index (χ1n) is 4.07. The maximum absolute atomic E-state index is 13.1. The highest BCUT2D eigenvalue weighted by Crippen LogP contribution is 2.07. The molecule has 0 atom stereocenters. The molecule has 76 valence electrons. The number of nitrogens with zero attached hydrogens (tertiary/aromatic N) is 2. The van der Waals surface area contributed by atoms with Crippen LogP contribution < -0.4 is 0 Å². The van der Waals surface area contributed by atoms with Gasteiger partial charge in [0.05, 0.1) is 11.8 Å². The summed E-state index contributed by atoms with van der Waals surface area (Å²) in [7, 11) is 1.63. The molecule has 0 aliphatic carbocycles. The van der Waals surface area contributed by atoms with Crippen molar-refractivity contribution in [2.75, 3.05) is 18.9 Å². The summed E-state index contributed by atoms with van der Waals surface area (Å²) >= 11 is 3.21. The third-order valence-corrected chi connectivity index (χ3v) is 2.12. The van der Waals surface area contributed by atoms with E-state index in [1.54, 1.807) is 7.05 Å². The van der Waals surface area contributed by atoms with Gasteiger partial charge < -0.3 is 4.90 Å². The largest absolute Gasteiger partial charge is 0.341 e. The van der Waals surface area contributed by atoms with Gasteiger partial charge >= 0.3 is 0 Å². The summed E-state index contributed by atoms with van der Waals surface area (Å²) in [4.78, 5) is 16.6. The first-order valence-corrected chi connectivity index (χ1v) is 5.20. The van der Waals surface area contributed by atoms with Crippen LogP contribution in [0.1, 0.15) is 10.4 Å². The van der Waals surface area contributed by atoms with E-state index in [0.29, 0.717) is 11.9 Å². The normalized spacial score (nSPS) is 9.93. The van der Waals surface area contributed by atoms with Gasteiger partial charge in [-0.2, -0.15) is 0 Å². The predicted molar refractivity (Wildman–Crippen MR) is 54.9 cm³/mol. The number of hydrogen-bond acceptors (Lipinski definition) is 2. The van der Waals surface area contributed by atoms with Crippen molar-refractivity contribution in [3.8, 4) is 0 Å². The SMILES string of the molecule is CN(CCBr)C(=O)c1ccncc1F. The van der Waals surface area contributed by atoms with Crippen molar-refractivity contribution >= 4 is 21.8 Å². The van der Waals surface area contributed by atoms with Gasteiger partial charge in [0.25, 0.3) is 5.91 Å². The Kier molecular flexibility index (Phi) is 4.00. The summed E-state index contributed by atoms with van der Waals surface area (Å²) in [5.74, 6) is -0.914. The van der Waals surface area contributed by atoms with Crippen molar-refractivity contribution < 1.29 is 9.18 Å². The van der Waals surface area contributed by atoms with Gasteiger partial charge in [-0.1, -0.05) is 15.9 Å². The van der Waals surface area contributed by atoms with Gasteiger partial charge in [0.15, 0.2) is 5.82 Å². The van der Waals surface area contributed by atoms with Crippen LogP contribution in [-0.2, 0) is 0 Å². The van der Waals surface area contributed by atoms with Crippen LogP contribution in [0.3, 0.4) is 0 Å². The van der Waals surface area contributed by atoms with Crippen molar-refractivity contribution in [1.82, 2.24) is 9.88 Å². The van der Waals surface area contributed by atoms with Crippen LogP contribution in [0.5, 0.6) is 0 Å². The van der Waals surface area contributed by atoms with E-state index in [0.717, 1.165) is 6.20 Å². The highest BCUT2D eigenvalue weighted by Gasteiger charge is 2.14. The average molecular weight is 261 g/mol. The molecule has 0 bridgehead atoms. The molecule has 3 nitrogen and oxygen atoms in total. The number of carbonyl (C=O) groups excluding carboxylic acids is 1. The number of alkyl halides is 1. The summed E-state index contributed by atoms with van der Waals surface area (Å²) in [5.41, 5.74) is 0.0588. The lowest BCUT2D eigenvalue weighted by molar-refractivity contribution is 0.0799. The minimum atomic E-state index is -0.584. The molecular weight excluding hydrogens is 251 g/mol. The molecule has 0 unspecified atom stereocenters. The summed E-state index contributed by atoms with van der Waals surface area (Å²) < 4.78 is 13.1. The van der Waals surface area contributed by atoms with E-state index < -0.39 is 5.82 Å². The van der Waals surface area contributed by atoms with E-state index >= 15 is 0 Å². The third kappa shape index (κ3) is 2.51. The smallest absolute Gasteiger partial charge is 0.256 e. The van der Waals surface area contributed by atoms with Gasteiger partial charge in [0.2, 0.25) is 0 Å². The zero-order valence-corrected chi connectivity index (χ0v) is 9.29. The number of pyridine rings is 1. The highest BCUT2D eigenvalue weighted by molar-refractivity contribution is 9.09. The summed E-state index contributed by atoms with van der Waals surface area (Å²) in [6.07, 6.45) is 2.44. The molecule has 0 radical (unpaired) electrons. The Hall–Kier alpha value is -0.970. The molecule has 14 heavy (non-hydrogen) atoms. The Bertz CT molecular complexity index is 332. The van der Waals surface area contributed by atoms with Crippen LogP contribution in [0.2, 0.25) is 0 Å². The maximum atomic E-state index is 13.1. The molecule has 5 heteroatoms. The van der Waals surface area contributed by atoms with Crippen molar-refractivity contribution in [3.63, 3.8) is 0 Å². The van der Waals surface area contributed by atoms with Gasteiger partial charge in [-0.25, -0.2) is 4.39 Å². The fourth-order valence-electron chi connectivity index (χ4n) is 0.983. The molecule has 1 amide bonds.